The summed E-state index contributed by atoms with van der Waals surface area (Å²) in [5.41, 5.74) is 1.19. The molecule has 7 nitrogen and oxygen atoms in total. The number of rotatable bonds is 12. The van der Waals surface area contributed by atoms with E-state index in [-0.39, 0.29) is 24.0 Å². The van der Waals surface area contributed by atoms with Crippen LogP contribution in [0.3, 0.4) is 0 Å². The van der Waals surface area contributed by atoms with Gasteiger partial charge in [-0.3, -0.25) is 4.99 Å². The summed E-state index contributed by atoms with van der Waals surface area (Å²) in [7, 11) is 1.71. The van der Waals surface area contributed by atoms with Gasteiger partial charge in [0.25, 0.3) is 0 Å². The number of aliphatic imine (C=N–C) groups is 1. The van der Waals surface area contributed by atoms with Gasteiger partial charge < -0.3 is 19.9 Å². The number of guanidine groups is 1. The van der Waals surface area contributed by atoms with Gasteiger partial charge in [0, 0.05) is 32.6 Å². The Morgan fingerprint density at radius 1 is 1.19 bits per heavy atom. The number of benzene rings is 1. The summed E-state index contributed by atoms with van der Waals surface area (Å²) < 4.78 is 7.67. The van der Waals surface area contributed by atoms with Gasteiger partial charge >= 0.3 is 0 Å². The van der Waals surface area contributed by atoms with Crippen molar-refractivity contribution in [2.24, 2.45) is 10.9 Å². The van der Waals surface area contributed by atoms with Crippen LogP contribution >= 0.6 is 35.7 Å². The molecule has 9 heteroatoms. The van der Waals surface area contributed by atoms with Crippen LogP contribution in [-0.4, -0.2) is 53.7 Å². The topological polar surface area (TPSA) is 76.4 Å². The normalized spacial score (nSPS) is 11.4. The van der Waals surface area contributed by atoms with E-state index in [1.165, 1.54) is 5.56 Å². The molecule has 0 atom stereocenters. The molecule has 1 heterocycles. The zero-order valence-electron chi connectivity index (χ0n) is 19.4. The molecular weight excluding hydrogens is 523 g/mol. The second-order valence-electron chi connectivity index (χ2n) is 7.46. The van der Waals surface area contributed by atoms with Gasteiger partial charge in [0.1, 0.15) is 11.6 Å². The molecule has 0 saturated carbocycles. The fourth-order valence-corrected chi connectivity index (χ4v) is 3.72. The molecular formula is C22H37IN6OS. The third-order valence-corrected chi connectivity index (χ3v) is 5.24. The lowest BCUT2D eigenvalue weighted by Crippen LogP contribution is -2.38. The minimum absolute atomic E-state index is 0. The van der Waals surface area contributed by atoms with Crippen molar-refractivity contribution in [1.82, 2.24) is 25.4 Å². The molecule has 0 aliphatic heterocycles. The monoisotopic (exact) mass is 560 g/mol. The first kappa shape index (κ1) is 27.5. The number of nitrogens with one attached hydrogen (secondary N) is 2. The summed E-state index contributed by atoms with van der Waals surface area (Å²) in [5.74, 6) is 3.39. The van der Waals surface area contributed by atoms with Crippen LogP contribution in [-0.2, 0) is 19.4 Å². The van der Waals surface area contributed by atoms with Crippen LogP contribution < -0.4 is 15.4 Å². The number of thioether (sulfide) groups is 1. The van der Waals surface area contributed by atoms with Crippen molar-refractivity contribution in [3.63, 3.8) is 0 Å². The maximum Gasteiger partial charge on any atom is 0.191 e. The Labute approximate surface area is 208 Å². The summed E-state index contributed by atoms with van der Waals surface area (Å²) in [4.78, 5) is 4.72. The fourth-order valence-electron chi connectivity index (χ4n) is 3.20. The quantitative estimate of drug-likeness (QED) is 0.134. The smallest absolute Gasteiger partial charge is 0.191 e. The molecule has 2 aromatic rings. The number of aromatic nitrogens is 3. The predicted octanol–water partition coefficient (Wildman–Crippen LogP) is 4.01. The molecule has 0 radical (unpaired) electrons. The third-order valence-electron chi connectivity index (χ3n) is 4.58. The molecule has 0 unspecified atom stereocenters. The fraction of sp³-hybridized carbons (Fsp3) is 0.591. The largest absolute Gasteiger partial charge is 0.496 e. The van der Waals surface area contributed by atoms with Gasteiger partial charge in [-0.05, 0) is 43.6 Å². The van der Waals surface area contributed by atoms with Crippen LogP contribution in [0.2, 0.25) is 0 Å². The van der Waals surface area contributed by atoms with Crippen molar-refractivity contribution in [1.29, 1.82) is 0 Å². The molecule has 0 saturated heterocycles. The minimum Gasteiger partial charge on any atom is -0.496 e. The van der Waals surface area contributed by atoms with Crippen LogP contribution in [0, 0.1) is 5.92 Å². The van der Waals surface area contributed by atoms with Gasteiger partial charge in [0.2, 0.25) is 0 Å². The molecule has 0 aliphatic rings. The predicted molar refractivity (Wildman–Crippen MR) is 141 cm³/mol. The highest BCUT2D eigenvalue weighted by Gasteiger charge is 2.12. The summed E-state index contributed by atoms with van der Waals surface area (Å²) in [6, 6.07) is 8.12. The molecule has 0 aliphatic carbocycles. The van der Waals surface area contributed by atoms with Crippen molar-refractivity contribution in [3.05, 3.63) is 35.7 Å². The molecule has 0 fully saturated rings. The average molecular weight is 561 g/mol. The van der Waals surface area contributed by atoms with Crippen LogP contribution in [0.15, 0.2) is 34.4 Å². The first-order valence-electron chi connectivity index (χ1n) is 10.7. The Bertz CT molecular complexity index is 796. The second-order valence-corrected chi connectivity index (χ2v) is 8.23. The van der Waals surface area contributed by atoms with E-state index in [0.717, 1.165) is 68.1 Å². The highest BCUT2D eigenvalue weighted by Crippen LogP contribution is 2.18. The lowest BCUT2D eigenvalue weighted by Gasteiger charge is -2.13. The maximum atomic E-state index is 5.43. The van der Waals surface area contributed by atoms with E-state index in [0.29, 0.717) is 5.92 Å². The van der Waals surface area contributed by atoms with Crippen LogP contribution in [0.1, 0.15) is 38.6 Å². The molecule has 1 aromatic carbocycles. The lowest BCUT2D eigenvalue weighted by atomic mass is 10.1. The average Bonchev–Trinajstić information content (AvgIpc) is 3.12. The van der Waals surface area contributed by atoms with E-state index in [1.807, 2.05) is 24.5 Å². The van der Waals surface area contributed by atoms with Crippen LogP contribution in [0.4, 0.5) is 0 Å². The number of para-hydroxylation sites is 1. The zero-order chi connectivity index (χ0) is 21.8. The molecule has 2 N–H and O–H groups in total. The van der Waals surface area contributed by atoms with Gasteiger partial charge in [0.15, 0.2) is 11.1 Å². The van der Waals surface area contributed by atoms with E-state index >= 15 is 0 Å². The van der Waals surface area contributed by atoms with E-state index in [9.17, 15) is 0 Å². The second kappa shape index (κ2) is 15.3. The molecule has 31 heavy (non-hydrogen) atoms. The van der Waals surface area contributed by atoms with E-state index in [1.54, 1.807) is 18.9 Å². The van der Waals surface area contributed by atoms with Crippen molar-refractivity contribution in [3.8, 4) is 5.75 Å². The van der Waals surface area contributed by atoms with Crippen molar-refractivity contribution in [2.45, 2.75) is 51.7 Å². The zero-order valence-corrected chi connectivity index (χ0v) is 22.5. The van der Waals surface area contributed by atoms with Gasteiger partial charge in [-0.25, -0.2) is 0 Å². The molecule has 174 valence electrons. The summed E-state index contributed by atoms with van der Waals surface area (Å²) in [6.45, 7) is 9.85. The first-order chi connectivity index (χ1) is 14.6. The Morgan fingerprint density at radius 2 is 1.97 bits per heavy atom. The Morgan fingerprint density at radius 3 is 2.65 bits per heavy atom. The standard InChI is InChI=1S/C22H36N6OS.HI/c1-6-23-21(25-15-13-18-10-7-8-11-19(18)29-4)24-14-9-12-20-26-27-22(30-5)28(20)16-17(2)3;/h7-8,10-11,17H,6,9,12-16H2,1-5H3,(H2,23,24,25);1H. The van der Waals surface area contributed by atoms with E-state index in [2.05, 4.69) is 52.2 Å². The molecule has 0 amide bonds. The highest BCUT2D eigenvalue weighted by molar-refractivity contribution is 14.0. The number of aryl methyl sites for hydroxylation is 1. The number of nitrogens with zero attached hydrogens (tertiary/aromatic N) is 4. The van der Waals surface area contributed by atoms with E-state index < -0.39 is 0 Å². The van der Waals surface area contributed by atoms with Gasteiger partial charge in [-0.1, -0.05) is 43.8 Å². The van der Waals surface area contributed by atoms with Crippen LogP contribution in [0.25, 0.3) is 0 Å². The Balaban J connectivity index is 0.00000480. The first-order valence-corrected chi connectivity index (χ1v) is 11.9. The van der Waals surface area contributed by atoms with Gasteiger partial charge in [-0.15, -0.1) is 34.2 Å². The Kier molecular flexibility index (Phi) is 13.6. The molecule has 2 rings (SSSR count). The minimum atomic E-state index is 0. The SMILES string of the molecule is CCNC(=NCCCc1nnc(SC)n1CC(C)C)NCCc1ccccc1OC.I. The molecule has 0 bridgehead atoms. The Hall–Kier alpha value is -1.49. The van der Waals surface area contributed by atoms with Gasteiger partial charge in [0.05, 0.1) is 7.11 Å². The van der Waals surface area contributed by atoms with Crippen LogP contribution in [0.5, 0.6) is 5.75 Å². The summed E-state index contributed by atoms with van der Waals surface area (Å²) >= 11 is 1.65. The maximum absolute atomic E-state index is 5.43. The number of methoxy groups -OCH3 is 1. The number of ether oxygens (including phenoxy) is 1. The summed E-state index contributed by atoms with van der Waals surface area (Å²) in [6.07, 6.45) is 4.75. The lowest BCUT2D eigenvalue weighted by molar-refractivity contribution is 0.409. The highest BCUT2D eigenvalue weighted by atomic mass is 127. The summed E-state index contributed by atoms with van der Waals surface area (Å²) in [5, 5.41) is 16.4. The van der Waals surface area contributed by atoms with Crippen molar-refractivity contribution >= 4 is 41.7 Å². The number of hydrogen-bond donors (Lipinski definition) is 2. The molecule has 1 aromatic heterocycles. The van der Waals surface area contributed by atoms with E-state index in [4.69, 9.17) is 9.73 Å². The van der Waals surface area contributed by atoms with Gasteiger partial charge in [-0.2, -0.15) is 0 Å². The third kappa shape index (κ3) is 9.26. The number of hydrogen-bond acceptors (Lipinski definition) is 5. The van der Waals surface area contributed by atoms with Crippen molar-refractivity contribution in [2.75, 3.05) is 33.0 Å². The molecule has 0 spiro atoms. The van der Waals surface area contributed by atoms with Crippen molar-refractivity contribution < 1.29 is 4.74 Å². The number of halogens is 1.